The molecule has 0 aliphatic carbocycles. The topological polar surface area (TPSA) is 21.3 Å². The van der Waals surface area contributed by atoms with E-state index in [2.05, 4.69) is 34.1 Å². The summed E-state index contributed by atoms with van der Waals surface area (Å²) < 4.78 is 6.66. The van der Waals surface area contributed by atoms with Crippen molar-refractivity contribution in [1.29, 1.82) is 0 Å². The van der Waals surface area contributed by atoms with Crippen molar-refractivity contribution >= 4 is 15.9 Å². The highest BCUT2D eigenvalue weighted by atomic mass is 79.9. The van der Waals surface area contributed by atoms with Crippen LogP contribution in [-0.4, -0.2) is 19.2 Å². The minimum Gasteiger partial charge on any atom is -0.492 e. The molecule has 1 aromatic carbocycles. The number of nitrogens with one attached hydrogen (secondary N) is 1. The van der Waals surface area contributed by atoms with Gasteiger partial charge in [-0.3, -0.25) is 0 Å². The van der Waals surface area contributed by atoms with E-state index in [1.54, 1.807) is 0 Å². The molecule has 17 heavy (non-hydrogen) atoms. The number of ether oxygens (including phenoxy) is 1. The van der Waals surface area contributed by atoms with Gasteiger partial charge in [0.1, 0.15) is 12.4 Å². The second kappa shape index (κ2) is 8.16. The molecule has 3 heteroatoms. The Kier molecular flexibility index (Phi) is 6.76. The van der Waals surface area contributed by atoms with Crippen molar-refractivity contribution in [2.24, 2.45) is 0 Å². The highest BCUT2D eigenvalue weighted by molar-refractivity contribution is 9.10. The van der Waals surface area contributed by atoms with Gasteiger partial charge in [-0.1, -0.05) is 22.9 Å². The van der Waals surface area contributed by atoms with E-state index in [9.17, 15) is 0 Å². The molecule has 1 unspecified atom stereocenters. The second-order valence-electron chi connectivity index (χ2n) is 3.77. The van der Waals surface area contributed by atoms with Crippen LogP contribution in [0, 0.1) is 12.3 Å². The van der Waals surface area contributed by atoms with Gasteiger partial charge >= 0.3 is 0 Å². The zero-order valence-electron chi connectivity index (χ0n) is 10.1. The van der Waals surface area contributed by atoms with E-state index in [0.717, 1.165) is 29.6 Å². The molecule has 0 fully saturated rings. The number of benzene rings is 1. The Morgan fingerprint density at radius 1 is 1.41 bits per heavy atom. The first-order valence-electron chi connectivity index (χ1n) is 5.81. The van der Waals surface area contributed by atoms with Crippen LogP contribution in [-0.2, 0) is 0 Å². The van der Waals surface area contributed by atoms with Gasteiger partial charge in [-0.25, -0.2) is 0 Å². The molecule has 0 amide bonds. The lowest BCUT2D eigenvalue weighted by Crippen LogP contribution is -2.31. The van der Waals surface area contributed by atoms with Crippen LogP contribution in [0.1, 0.15) is 19.8 Å². The molecule has 0 radical (unpaired) electrons. The van der Waals surface area contributed by atoms with E-state index >= 15 is 0 Å². The van der Waals surface area contributed by atoms with Gasteiger partial charge in [0.2, 0.25) is 0 Å². The molecule has 0 saturated heterocycles. The maximum absolute atomic E-state index is 5.60. The average molecular weight is 296 g/mol. The van der Waals surface area contributed by atoms with Crippen molar-refractivity contribution in [2.75, 3.05) is 13.2 Å². The number of halogens is 1. The van der Waals surface area contributed by atoms with E-state index in [0.29, 0.717) is 12.6 Å². The molecule has 0 aliphatic rings. The van der Waals surface area contributed by atoms with Gasteiger partial charge in [-0.05, 0) is 30.7 Å². The van der Waals surface area contributed by atoms with Crippen molar-refractivity contribution in [3.05, 3.63) is 28.7 Å². The maximum Gasteiger partial charge on any atom is 0.119 e. The van der Waals surface area contributed by atoms with E-state index in [-0.39, 0.29) is 0 Å². The molecule has 1 rings (SSSR count). The van der Waals surface area contributed by atoms with Gasteiger partial charge in [0.05, 0.1) is 0 Å². The number of hydrogen-bond acceptors (Lipinski definition) is 2. The standard InChI is InChI=1S/C14H18BrNO/c1-3-5-13(4-2)16-10-11-17-14-8-6-12(15)7-9-14/h1,6-9,13,16H,4-5,10-11H2,2H3. The van der Waals surface area contributed by atoms with Crippen LogP contribution in [0.4, 0.5) is 0 Å². The van der Waals surface area contributed by atoms with Gasteiger partial charge in [0, 0.05) is 23.5 Å². The van der Waals surface area contributed by atoms with Crippen molar-refractivity contribution in [2.45, 2.75) is 25.8 Å². The molecule has 0 saturated carbocycles. The Hall–Kier alpha value is -0.980. The smallest absolute Gasteiger partial charge is 0.119 e. The first kappa shape index (κ1) is 14.1. The zero-order valence-corrected chi connectivity index (χ0v) is 11.7. The Morgan fingerprint density at radius 2 is 2.12 bits per heavy atom. The minimum atomic E-state index is 0.397. The highest BCUT2D eigenvalue weighted by Gasteiger charge is 2.02. The molecule has 2 nitrogen and oxygen atoms in total. The van der Waals surface area contributed by atoms with Crippen LogP contribution in [0.5, 0.6) is 5.75 Å². The Morgan fingerprint density at radius 3 is 2.71 bits per heavy atom. The molecule has 0 heterocycles. The summed E-state index contributed by atoms with van der Waals surface area (Å²) in [6, 6.07) is 8.23. The summed E-state index contributed by atoms with van der Waals surface area (Å²) >= 11 is 3.39. The van der Waals surface area contributed by atoms with Crippen molar-refractivity contribution in [3.63, 3.8) is 0 Å². The third-order valence-electron chi connectivity index (χ3n) is 2.47. The van der Waals surface area contributed by atoms with Gasteiger partial charge in [0.25, 0.3) is 0 Å². The number of rotatable bonds is 7. The molecule has 1 N–H and O–H groups in total. The predicted octanol–water partition coefficient (Wildman–Crippen LogP) is 3.22. The van der Waals surface area contributed by atoms with Crippen LogP contribution in [0.15, 0.2) is 28.7 Å². The zero-order chi connectivity index (χ0) is 12.5. The molecule has 1 atom stereocenters. The molecular formula is C14H18BrNO. The van der Waals surface area contributed by atoms with Crippen LogP contribution in [0.2, 0.25) is 0 Å². The lowest BCUT2D eigenvalue weighted by molar-refractivity contribution is 0.304. The van der Waals surface area contributed by atoms with Gasteiger partial charge in [-0.2, -0.15) is 0 Å². The molecule has 0 spiro atoms. The monoisotopic (exact) mass is 295 g/mol. The molecule has 0 aliphatic heterocycles. The normalized spacial score (nSPS) is 11.8. The first-order chi connectivity index (χ1) is 8.26. The van der Waals surface area contributed by atoms with E-state index in [1.165, 1.54) is 0 Å². The first-order valence-corrected chi connectivity index (χ1v) is 6.60. The highest BCUT2D eigenvalue weighted by Crippen LogP contribution is 2.15. The summed E-state index contributed by atoms with van der Waals surface area (Å²) in [5, 5.41) is 3.38. The van der Waals surface area contributed by atoms with Crippen molar-refractivity contribution in [1.82, 2.24) is 5.32 Å². The average Bonchev–Trinajstić information content (AvgIpc) is 2.35. The SMILES string of the molecule is C#CCC(CC)NCCOc1ccc(Br)cc1. The van der Waals surface area contributed by atoms with Crippen LogP contribution in [0.3, 0.4) is 0 Å². The van der Waals surface area contributed by atoms with Crippen molar-refractivity contribution in [3.8, 4) is 18.1 Å². The van der Waals surface area contributed by atoms with E-state index < -0.39 is 0 Å². The summed E-state index contributed by atoms with van der Waals surface area (Å²) in [4.78, 5) is 0. The number of hydrogen-bond donors (Lipinski definition) is 1. The van der Waals surface area contributed by atoms with E-state index in [1.807, 2.05) is 24.3 Å². The number of terminal acetylenes is 1. The van der Waals surface area contributed by atoms with Crippen molar-refractivity contribution < 1.29 is 4.74 Å². The quantitative estimate of drug-likeness (QED) is 0.616. The lowest BCUT2D eigenvalue weighted by Gasteiger charge is -2.14. The van der Waals surface area contributed by atoms with Gasteiger partial charge in [0.15, 0.2) is 0 Å². The second-order valence-corrected chi connectivity index (χ2v) is 4.69. The summed E-state index contributed by atoms with van der Waals surface area (Å²) in [7, 11) is 0. The molecule has 0 aromatic heterocycles. The maximum atomic E-state index is 5.60. The van der Waals surface area contributed by atoms with Crippen LogP contribution < -0.4 is 10.1 Å². The molecular weight excluding hydrogens is 278 g/mol. The van der Waals surface area contributed by atoms with E-state index in [4.69, 9.17) is 11.2 Å². The summed E-state index contributed by atoms with van der Waals surface area (Å²) in [6.45, 7) is 3.60. The lowest BCUT2D eigenvalue weighted by atomic mass is 10.1. The van der Waals surface area contributed by atoms with Gasteiger partial charge in [-0.15, -0.1) is 12.3 Å². The summed E-state index contributed by atoms with van der Waals surface area (Å²) in [5.74, 6) is 3.56. The summed E-state index contributed by atoms with van der Waals surface area (Å²) in [5.41, 5.74) is 0. The molecule has 1 aromatic rings. The fraction of sp³-hybridized carbons (Fsp3) is 0.429. The van der Waals surface area contributed by atoms with Crippen LogP contribution >= 0.6 is 15.9 Å². The third-order valence-corrected chi connectivity index (χ3v) is 3.00. The summed E-state index contributed by atoms with van der Waals surface area (Å²) in [6.07, 6.45) is 7.11. The fourth-order valence-corrected chi connectivity index (χ4v) is 1.73. The molecule has 0 bridgehead atoms. The third kappa shape index (κ3) is 5.76. The Labute approximate surface area is 112 Å². The van der Waals surface area contributed by atoms with Crippen LogP contribution in [0.25, 0.3) is 0 Å². The van der Waals surface area contributed by atoms with Gasteiger partial charge < -0.3 is 10.1 Å². The fourth-order valence-electron chi connectivity index (χ4n) is 1.47. The Bertz CT molecular complexity index is 355. The molecule has 92 valence electrons. The minimum absolute atomic E-state index is 0.397. The largest absolute Gasteiger partial charge is 0.492 e. The Balaban J connectivity index is 2.19. The predicted molar refractivity (Wildman–Crippen MR) is 75.2 cm³/mol.